The van der Waals surface area contributed by atoms with Crippen LogP contribution in [-0.2, 0) is 7.05 Å². The summed E-state index contributed by atoms with van der Waals surface area (Å²) in [6, 6.07) is 6.15. The first-order valence-electron chi connectivity index (χ1n) is 8.61. The van der Waals surface area contributed by atoms with Crippen LogP contribution >= 0.6 is 11.3 Å². The molecule has 3 aromatic rings. The predicted molar refractivity (Wildman–Crippen MR) is 102 cm³/mol. The summed E-state index contributed by atoms with van der Waals surface area (Å²) in [5, 5.41) is 8.19. The maximum absolute atomic E-state index is 12.3. The lowest BCUT2D eigenvalue weighted by Gasteiger charge is -2.32. The summed E-state index contributed by atoms with van der Waals surface area (Å²) in [5.41, 5.74) is 1.60. The second-order valence-corrected chi connectivity index (χ2v) is 7.48. The number of fused-ring (bicyclic) bond motifs is 1. The number of benzene rings is 1. The lowest BCUT2D eigenvalue weighted by Crippen LogP contribution is -2.44. The van der Waals surface area contributed by atoms with Gasteiger partial charge in [-0.15, -0.1) is 0 Å². The van der Waals surface area contributed by atoms with Gasteiger partial charge in [-0.3, -0.25) is 9.48 Å². The molecule has 1 fully saturated rings. The molecule has 1 aromatic carbocycles. The molecule has 2 aromatic heterocycles. The van der Waals surface area contributed by atoms with E-state index in [1.165, 1.54) is 0 Å². The number of nitrogens with zero attached hydrogens (tertiary/aromatic N) is 4. The minimum absolute atomic E-state index is 0.0522. The van der Waals surface area contributed by atoms with E-state index in [9.17, 15) is 4.79 Å². The zero-order valence-corrected chi connectivity index (χ0v) is 15.6. The Kier molecular flexibility index (Phi) is 4.50. The summed E-state index contributed by atoms with van der Waals surface area (Å²) >= 11 is 1.68. The third-order valence-electron chi connectivity index (χ3n) is 4.65. The number of aromatic nitrogens is 3. The highest BCUT2D eigenvalue weighted by molar-refractivity contribution is 7.22. The average molecular weight is 371 g/mol. The van der Waals surface area contributed by atoms with Crippen LogP contribution in [0.4, 0.5) is 5.13 Å². The normalized spacial score (nSPS) is 15.4. The van der Waals surface area contributed by atoms with E-state index in [-0.39, 0.29) is 11.9 Å². The maximum atomic E-state index is 12.3. The van der Waals surface area contributed by atoms with Crippen molar-refractivity contribution in [2.75, 3.05) is 25.1 Å². The third kappa shape index (κ3) is 3.37. The molecule has 0 unspecified atom stereocenters. The summed E-state index contributed by atoms with van der Waals surface area (Å²) in [6.07, 6.45) is 5.15. The molecular weight excluding hydrogens is 350 g/mol. The molecule has 136 valence electrons. The van der Waals surface area contributed by atoms with Crippen LogP contribution in [0.2, 0.25) is 0 Å². The van der Waals surface area contributed by atoms with Gasteiger partial charge in [-0.25, -0.2) is 4.98 Å². The van der Waals surface area contributed by atoms with E-state index in [0.29, 0.717) is 5.56 Å². The molecule has 1 saturated heterocycles. The lowest BCUT2D eigenvalue weighted by molar-refractivity contribution is 0.0931. The average Bonchev–Trinajstić information content (AvgIpc) is 3.27. The zero-order valence-electron chi connectivity index (χ0n) is 14.8. The van der Waals surface area contributed by atoms with Gasteiger partial charge in [0, 0.05) is 32.4 Å². The quantitative estimate of drug-likeness (QED) is 0.763. The number of amides is 1. The molecular formula is C18H21N5O2S. The Morgan fingerprint density at radius 2 is 2.15 bits per heavy atom. The van der Waals surface area contributed by atoms with Crippen LogP contribution in [0, 0.1) is 0 Å². The molecule has 0 saturated carbocycles. The van der Waals surface area contributed by atoms with Gasteiger partial charge in [0.25, 0.3) is 5.91 Å². The standard InChI is InChI=1S/C18H21N5O2S/c1-22-11-12(10-19-22)17(24)20-13-5-7-23(8-6-13)18-21-15-4-3-14(25-2)9-16(15)26-18/h3-4,9-11,13H,5-8H2,1-2H3,(H,20,24). The summed E-state index contributed by atoms with van der Waals surface area (Å²) in [7, 11) is 3.48. The predicted octanol–water partition coefficient (Wildman–Crippen LogP) is 2.44. The van der Waals surface area contributed by atoms with E-state index >= 15 is 0 Å². The van der Waals surface area contributed by atoms with Crippen molar-refractivity contribution in [2.24, 2.45) is 7.05 Å². The van der Waals surface area contributed by atoms with Crippen molar-refractivity contribution in [1.82, 2.24) is 20.1 Å². The highest BCUT2D eigenvalue weighted by Crippen LogP contribution is 2.32. The SMILES string of the molecule is COc1ccc2nc(N3CCC(NC(=O)c4cnn(C)c4)CC3)sc2c1. The van der Waals surface area contributed by atoms with Crippen molar-refractivity contribution in [1.29, 1.82) is 0 Å². The molecule has 8 heteroatoms. The highest BCUT2D eigenvalue weighted by Gasteiger charge is 2.23. The number of piperidine rings is 1. The Morgan fingerprint density at radius 1 is 1.35 bits per heavy atom. The first-order valence-corrected chi connectivity index (χ1v) is 9.43. The number of anilines is 1. The van der Waals surface area contributed by atoms with E-state index in [1.54, 1.807) is 35.5 Å². The van der Waals surface area contributed by atoms with Crippen molar-refractivity contribution in [3.63, 3.8) is 0 Å². The van der Waals surface area contributed by atoms with Crippen LogP contribution in [0.1, 0.15) is 23.2 Å². The van der Waals surface area contributed by atoms with Gasteiger partial charge in [-0.2, -0.15) is 5.10 Å². The second-order valence-electron chi connectivity index (χ2n) is 6.47. The molecule has 26 heavy (non-hydrogen) atoms. The summed E-state index contributed by atoms with van der Waals surface area (Å²) in [4.78, 5) is 19.3. The number of thiazole rings is 1. The van der Waals surface area contributed by atoms with Gasteiger partial charge in [0.2, 0.25) is 0 Å². The number of methoxy groups -OCH3 is 1. The van der Waals surface area contributed by atoms with Gasteiger partial charge < -0.3 is 15.0 Å². The van der Waals surface area contributed by atoms with E-state index in [1.807, 2.05) is 25.2 Å². The monoisotopic (exact) mass is 371 g/mol. The molecule has 0 atom stereocenters. The van der Waals surface area contributed by atoms with Gasteiger partial charge in [0.05, 0.1) is 29.1 Å². The second kappa shape index (κ2) is 6.95. The van der Waals surface area contributed by atoms with Crippen molar-refractivity contribution in [3.8, 4) is 5.75 Å². The van der Waals surface area contributed by atoms with Crippen LogP contribution < -0.4 is 15.0 Å². The number of carbonyl (C=O) groups is 1. The fourth-order valence-corrected chi connectivity index (χ4v) is 4.22. The summed E-state index contributed by atoms with van der Waals surface area (Å²) < 4.78 is 8.05. The number of hydrogen-bond acceptors (Lipinski definition) is 6. The summed E-state index contributed by atoms with van der Waals surface area (Å²) in [6.45, 7) is 1.77. The highest BCUT2D eigenvalue weighted by atomic mass is 32.1. The first-order chi connectivity index (χ1) is 12.6. The largest absolute Gasteiger partial charge is 0.497 e. The van der Waals surface area contributed by atoms with E-state index in [0.717, 1.165) is 47.0 Å². The summed E-state index contributed by atoms with van der Waals surface area (Å²) in [5.74, 6) is 0.799. The zero-order chi connectivity index (χ0) is 18.1. The van der Waals surface area contributed by atoms with Crippen LogP contribution in [0.3, 0.4) is 0 Å². The molecule has 3 heterocycles. The van der Waals surface area contributed by atoms with Crippen LogP contribution in [0.25, 0.3) is 10.2 Å². The Hall–Kier alpha value is -2.61. The number of aryl methyl sites for hydroxylation is 1. The van der Waals surface area contributed by atoms with Gasteiger partial charge in [-0.1, -0.05) is 11.3 Å². The number of ether oxygens (including phenoxy) is 1. The van der Waals surface area contributed by atoms with E-state index in [2.05, 4.69) is 15.3 Å². The third-order valence-corrected chi connectivity index (χ3v) is 5.73. The van der Waals surface area contributed by atoms with Crippen molar-refractivity contribution in [3.05, 3.63) is 36.2 Å². The van der Waals surface area contributed by atoms with Crippen molar-refractivity contribution >= 4 is 32.6 Å². The fourth-order valence-electron chi connectivity index (χ4n) is 3.18. The van der Waals surface area contributed by atoms with Gasteiger partial charge in [0.15, 0.2) is 5.13 Å². The first kappa shape index (κ1) is 16.8. The van der Waals surface area contributed by atoms with Gasteiger partial charge in [0.1, 0.15) is 5.75 Å². The molecule has 1 aliphatic rings. The number of nitrogens with one attached hydrogen (secondary N) is 1. The number of hydrogen-bond donors (Lipinski definition) is 1. The lowest BCUT2D eigenvalue weighted by atomic mass is 10.1. The Morgan fingerprint density at radius 3 is 2.85 bits per heavy atom. The Labute approximate surface area is 155 Å². The van der Waals surface area contributed by atoms with Crippen molar-refractivity contribution in [2.45, 2.75) is 18.9 Å². The fraction of sp³-hybridized carbons (Fsp3) is 0.389. The smallest absolute Gasteiger partial charge is 0.254 e. The molecule has 0 spiro atoms. The maximum Gasteiger partial charge on any atom is 0.254 e. The van der Waals surface area contributed by atoms with E-state index in [4.69, 9.17) is 9.72 Å². The molecule has 0 bridgehead atoms. The van der Waals surface area contributed by atoms with Crippen LogP contribution in [0.5, 0.6) is 5.75 Å². The Balaban J connectivity index is 1.38. The minimum atomic E-state index is -0.0522. The number of carbonyl (C=O) groups excluding carboxylic acids is 1. The molecule has 0 radical (unpaired) electrons. The van der Waals surface area contributed by atoms with Gasteiger partial charge in [-0.05, 0) is 31.0 Å². The molecule has 0 aliphatic carbocycles. The molecule has 4 rings (SSSR count). The van der Waals surface area contributed by atoms with Crippen LogP contribution in [-0.4, -0.2) is 46.9 Å². The van der Waals surface area contributed by atoms with Crippen molar-refractivity contribution < 1.29 is 9.53 Å². The minimum Gasteiger partial charge on any atom is -0.497 e. The topological polar surface area (TPSA) is 72.3 Å². The van der Waals surface area contributed by atoms with Gasteiger partial charge >= 0.3 is 0 Å². The Bertz CT molecular complexity index is 927. The molecule has 1 aliphatic heterocycles. The number of rotatable bonds is 4. The van der Waals surface area contributed by atoms with Crippen LogP contribution in [0.15, 0.2) is 30.6 Å². The molecule has 1 N–H and O–H groups in total. The molecule has 7 nitrogen and oxygen atoms in total. The van der Waals surface area contributed by atoms with E-state index < -0.39 is 0 Å². The molecule has 1 amide bonds.